The van der Waals surface area contributed by atoms with Crippen LogP contribution in [0.5, 0.6) is 5.75 Å². The lowest BCUT2D eigenvalue weighted by Crippen LogP contribution is -2.29. The van der Waals surface area contributed by atoms with E-state index in [1.807, 2.05) is 24.3 Å². The lowest BCUT2D eigenvalue weighted by atomic mass is 10.2. The molecular weight excluding hydrogens is 224 g/mol. The Balaban J connectivity index is 1.88. The van der Waals surface area contributed by atoms with Gasteiger partial charge in [0.1, 0.15) is 12.4 Å². The molecule has 1 atom stereocenters. The molecule has 0 aliphatic rings. The van der Waals surface area contributed by atoms with Crippen LogP contribution in [0.15, 0.2) is 36.5 Å². The highest BCUT2D eigenvalue weighted by molar-refractivity contribution is 5.79. The van der Waals surface area contributed by atoms with E-state index < -0.39 is 0 Å². The Labute approximate surface area is 108 Å². The van der Waals surface area contributed by atoms with E-state index in [0.717, 1.165) is 29.6 Å². The molecule has 0 aliphatic carbocycles. The maximum Gasteiger partial charge on any atom is 0.121 e. The second-order valence-corrected chi connectivity index (χ2v) is 4.47. The minimum Gasteiger partial charge on any atom is -0.492 e. The van der Waals surface area contributed by atoms with Gasteiger partial charge in [-0.05, 0) is 31.5 Å². The molecule has 0 fully saturated rings. The molecule has 1 N–H and O–H groups in total. The van der Waals surface area contributed by atoms with Gasteiger partial charge < -0.3 is 10.1 Å². The lowest BCUT2D eigenvalue weighted by molar-refractivity contribution is 0.306. The molecule has 3 heteroatoms. The van der Waals surface area contributed by atoms with Gasteiger partial charge in [-0.1, -0.05) is 13.0 Å². The highest BCUT2D eigenvalue weighted by atomic mass is 16.5. The predicted octanol–water partition coefficient (Wildman–Crippen LogP) is 3.00. The van der Waals surface area contributed by atoms with Gasteiger partial charge in [-0.25, -0.2) is 0 Å². The average Bonchev–Trinajstić information content (AvgIpc) is 2.43. The molecule has 1 aromatic heterocycles. The van der Waals surface area contributed by atoms with Crippen LogP contribution in [0.3, 0.4) is 0 Å². The van der Waals surface area contributed by atoms with Crippen molar-refractivity contribution in [2.24, 2.45) is 0 Å². The second kappa shape index (κ2) is 6.36. The van der Waals surface area contributed by atoms with Crippen molar-refractivity contribution in [3.8, 4) is 5.75 Å². The molecule has 0 saturated carbocycles. The zero-order valence-corrected chi connectivity index (χ0v) is 11.0. The fourth-order valence-corrected chi connectivity index (χ4v) is 1.75. The highest BCUT2D eigenvalue weighted by Crippen LogP contribution is 2.18. The Bertz CT molecular complexity index is 499. The molecule has 18 heavy (non-hydrogen) atoms. The van der Waals surface area contributed by atoms with E-state index >= 15 is 0 Å². The van der Waals surface area contributed by atoms with Crippen molar-refractivity contribution in [3.63, 3.8) is 0 Å². The number of benzene rings is 1. The summed E-state index contributed by atoms with van der Waals surface area (Å²) in [5.41, 5.74) is 0.977. The number of fused-ring (bicyclic) bond motifs is 1. The number of nitrogens with zero attached hydrogens (tertiary/aromatic N) is 1. The van der Waals surface area contributed by atoms with Gasteiger partial charge in [-0.2, -0.15) is 0 Å². The molecule has 3 nitrogen and oxygen atoms in total. The normalized spacial score (nSPS) is 12.6. The molecule has 1 heterocycles. The average molecular weight is 244 g/mol. The van der Waals surface area contributed by atoms with E-state index in [9.17, 15) is 0 Å². The number of hydrogen-bond acceptors (Lipinski definition) is 3. The maximum atomic E-state index is 5.71. The third kappa shape index (κ3) is 3.44. The van der Waals surface area contributed by atoms with Gasteiger partial charge in [0.05, 0.1) is 5.52 Å². The lowest BCUT2D eigenvalue weighted by Gasteiger charge is -2.12. The Hall–Kier alpha value is -1.61. The van der Waals surface area contributed by atoms with Gasteiger partial charge in [0, 0.05) is 30.2 Å². The summed E-state index contributed by atoms with van der Waals surface area (Å²) in [7, 11) is 0. The number of hydrogen-bond donors (Lipinski definition) is 1. The van der Waals surface area contributed by atoms with Crippen molar-refractivity contribution in [1.29, 1.82) is 0 Å². The summed E-state index contributed by atoms with van der Waals surface area (Å²) in [4.78, 5) is 4.32. The molecular formula is C15H20N2O. The summed E-state index contributed by atoms with van der Waals surface area (Å²) in [5, 5.41) is 4.54. The largest absolute Gasteiger partial charge is 0.492 e. The Morgan fingerprint density at radius 3 is 3.06 bits per heavy atom. The molecule has 0 aliphatic heterocycles. The standard InChI is InChI=1S/C15H20N2O/c1-3-12(2)16-9-10-18-14-7-6-13-5-4-8-17-15(13)11-14/h4-8,11-12,16H,3,9-10H2,1-2H3. The molecule has 1 aromatic carbocycles. The van der Waals surface area contributed by atoms with Crippen LogP contribution in [-0.2, 0) is 0 Å². The molecule has 0 spiro atoms. The quantitative estimate of drug-likeness (QED) is 0.793. The van der Waals surface area contributed by atoms with E-state index in [-0.39, 0.29) is 0 Å². The van der Waals surface area contributed by atoms with E-state index in [4.69, 9.17) is 4.74 Å². The van der Waals surface area contributed by atoms with Crippen LogP contribution in [0, 0.1) is 0 Å². The fraction of sp³-hybridized carbons (Fsp3) is 0.400. The summed E-state index contributed by atoms with van der Waals surface area (Å²) in [6.07, 6.45) is 2.94. The molecule has 2 aromatic rings. The zero-order valence-electron chi connectivity index (χ0n) is 11.0. The van der Waals surface area contributed by atoms with Gasteiger partial charge in [-0.3, -0.25) is 4.98 Å². The fourth-order valence-electron chi connectivity index (χ4n) is 1.75. The monoisotopic (exact) mass is 244 g/mol. The van der Waals surface area contributed by atoms with E-state index in [1.54, 1.807) is 6.20 Å². The van der Waals surface area contributed by atoms with Crippen LogP contribution in [-0.4, -0.2) is 24.2 Å². The molecule has 1 unspecified atom stereocenters. The highest BCUT2D eigenvalue weighted by Gasteiger charge is 1.99. The SMILES string of the molecule is CCC(C)NCCOc1ccc2cccnc2c1. The summed E-state index contributed by atoms with van der Waals surface area (Å²) in [6, 6.07) is 10.6. The van der Waals surface area contributed by atoms with Crippen molar-refractivity contribution in [1.82, 2.24) is 10.3 Å². The van der Waals surface area contributed by atoms with E-state index in [0.29, 0.717) is 12.6 Å². The number of ether oxygens (including phenoxy) is 1. The maximum absolute atomic E-state index is 5.71. The Morgan fingerprint density at radius 1 is 1.33 bits per heavy atom. The number of pyridine rings is 1. The smallest absolute Gasteiger partial charge is 0.121 e. The van der Waals surface area contributed by atoms with E-state index in [1.165, 1.54) is 0 Å². The van der Waals surface area contributed by atoms with Crippen LogP contribution in [0.1, 0.15) is 20.3 Å². The van der Waals surface area contributed by atoms with Gasteiger partial charge >= 0.3 is 0 Å². The second-order valence-electron chi connectivity index (χ2n) is 4.47. The predicted molar refractivity (Wildman–Crippen MR) is 75.0 cm³/mol. The van der Waals surface area contributed by atoms with E-state index in [2.05, 4.69) is 30.2 Å². The first-order valence-electron chi connectivity index (χ1n) is 6.50. The topological polar surface area (TPSA) is 34.1 Å². The number of rotatable bonds is 6. The Morgan fingerprint density at radius 2 is 2.22 bits per heavy atom. The van der Waals surface area contributed by atoms with Gasteiger partial charge in [-0.15, -0.1) is 0 Å². The summed E-state index contributed by atoms with van der Waals surface area (Å²) >= 11 is 0. The van der Waals surface area contributed by atoms with Gasteiger partial charge in [0.2, 0.25) is 0 Å². The molecule has 0 radical (unpaired) electrons. The Kier molecular flexibility index (Phi) is 4.53. The van der Waals surface area contributed by atoms with Crippen LogP contribution in [0.2, 0.25) is 0 Å². The minimum absolute atomic E-state index is 0.548. The summed E-state index contributed by atoms with van der Waals surface area (Å²) in [6.45, 7) is 5.91. The third-order valence-corrected chi connectivity index (χ3v) is 3.05. The van der Waals surface area contributed by atoms with Crippen molar-refractivity contribution >= 4 is 10.9 Å². The summed E-state index contributed by atoms with van der Waals surface area (Å²) in [5.74, 6) is 0.882. The van der Waals surface area contributed by atoms with Crippen LogP contribution in [0.25, 0.3) is 10.9 Å². The third-order valence-electron chi connectivity index (χ3n) is 3.05. The molecule has 0 bridgehead atoms. The van der Waals surface area contributed by atoms with Crippen LogP contribution in [0.4, 0.5) is 0 Å². The zero-order chi connectivity index (χ0) is 12.8. The molecule has 96 valence electrons. The van der Waals surface area contributed by atoms with Crippen molar-refractivity contribution in [3.05, 3.63) is 36.5 Å². The minimum atomic E-state index is 0.548. The van der Waals surface area contributed by atoms with Gasteiger partial charge in [0.25, 0.3) is 0 Å². The number of nitrogens with one attached hydrogen (secondary N) is 1. The van der Waals surface area contributed by atoms with Crippen molar-refractivity contribution in [2.75, 3.05) is 13.2 Å². The first-order valence-corrected chi connectivity index (χ1v) is 6.50. The molecule has 0 amide bonds. The number of aromatic nitrogens is 1. The summed E-state index contributed by atoms with van der Waals surface area (Å²) < 4.78 is 5.71. The molecule has 2 rings (SSSR count). The van der Waals surface area contributed by atoms with Crippen LogP contribution < -0.4 is 10.1 Å². The molecule has 0 saturated heterocycles. The van der Waals surface area contributed by atoms with Crippen LogP contribution >= 0.6 is 0 Å². The van der Waals surface area contributed by atoms with Gasteiger partial charge in [0.15, 0.2) is 0 Å². The van der Waals surface area contributed by atoms with Crippen molar-refractivity contribution < 1.29 is 4.74 Å². The first kappa shape index (κ1) is 12.8. The van der Waals surface area contributed by atoms with Crippen molar-refractivity contribution in [2.45, 2.75) is 26.3 Å². The first-order chi connectivity index (χ1) is 8.79.